The smallest absolute Gasteiger partial charge is 0.378 e. The van der Waals surface area contributed by atoms with E-state index < -0.39 is 32.1 Å². The molecule has 10 heteroatoms. The second-order valence-corrected chi connectivity index (χ2v) is 10.0. The maximum Gasteiger partial charge on any atom is 0.529 e. The summed E-state index contributed by atoms with van der Waals surface area (Å²) in [5.74, 6) is -1.15. The van der Waals surface area contributed by atoms with Gasteiger partial charge < -0.3 is 24.5 Å². The second-order valence-electron chi connectivity index (χ2n) is 8.69. The quantitative estimate of drug-likeness (QED) is 0.523. The molecule has 170 valence electrons. The van der Waals surface area contributed by atoms with Gasteiger partial charge in [-0.1, -0.05) is 6.92 Å². The first-order valence-corrected chi connectivity index (χ1v) is 11.8. The SMILES string of the molecule is CC(C)OC[C@H]1C(N)[C@@H](C)C[C@H]1OP(=O)(O)OC(=O)[C@H]1O[C@@H](C)C[C@H]1OC(C)C. The van der Waals surface area contributed by atoms with Crippen molar-refractivity contribution in [2.45, 2.75) is 97.0 Å². The molecule has 1 saturated heterocycles. The molecule has 1 aliphatic carbocycles. The highest BCUT2D eigenvalue weighted by Gasteiger charge is 2.47. The van der Waals surface area contributed by atoms with Crippen LogP contribution in [0.2, 0.25) is 0 Å². The van der Waals surface area contributed by atoms with Crippen LogP contribution in [0, 0.1) is 11.8 Å². The molecule has 8 atom stereocenters. The van der Waals surface area contributed by atoms with Crippen LogP contribution in [-0.4, -0.2) is 60.1 Å². The van der Waals surface area contributed by atoms with Crippen molar-refractivity contribution in [3.63, 3.8) is 0 Å². The predicted octanol–water partition coefficient (Wildman–Crippen LogP) is 2.39. The van der Waals surface area contributed by atoms with Crippen LogP contribution in [0.1, 0.15) is 54.4 Å². The average molecular weight is 437 g/mol. The number of hydrogen-bond acceptors (Lipinski definition) is 8. The van der Waals surface area contributed by atoms with Crippen molar-refractivity contribution in [2.24, 2.45) is 17.6 Å². The molecular weight excluding hydrogens is 401 g/mol. The summed E-state index contributed by atoms with van der Waals surface area (Å²) in [6.45, 7) is 11.5. The Morgan fingerprint density at radius 3 is 2.41 bits per heavy atom. The zero-order chi connectivity index (χ0) is 21.9. The molecule has 0 bridgehead atoms. The third-order valence-corrected chi connectivity index (χ3v) is 6.24. The molecule has 0 spiro atoms. The molecule has 29 heavy (non-hydrogen) atoms. The van der Waals surface area contributed by atoms with Gasteiger partial charge in [-0.15, -0.1) is 0 Å². The Kier molecular flexibility index (Phi) is 8.68. The lowest BCUT2D eigenvalue weighted by atomic mass is 10.0. The van der Waals surface area contributed by atoms with Gasteiger partial charge in [0.15, 0.2) is 6.10 Å². The number of phosphoric acid groups is 1. The van der Waals surface area contributed by atoms with Gasteiger partial charge in [0.05, 0.1) is 37.1 Å². The largest absolute Gasteiger partial charge is 0.529 e. The number of ether oxygens (including phenoxy) is 3. The molecule has 9 nitrogen and oxygen atoms in total. The minimum atomic E-state index is -4.66. The van der Waals surface area contributed by atoms with Crippen molar-refractivity contribution >= 4 is 13.8 Å². The van der Waals surface area contributed by atoms with Crippen LogP contribution in [0.15, 0.2) is 0 Å². The topological polar surface area (TPSA) is 127 Å². The molecule has 2 unspecified atom stereocenters. The maximum absolute atomic E-state index is 12.6. The van der Waals surface area contributed by atoms with Gasteiger partial charge in [0, 0.05) is 18.4 Å². The molecule has 0 radical (unpaired) electrons. The van der Waals surface area contributed by atoms with E-state index in [0.717, 1.165) is 0 Å². The van der Waals surface area contributed by atoms with Crippen LogP contribution >= 0.6 is 7.82 Å². The molecular formula is C19H36NO8P. The van der Waals surface area contributed by atoms with E-state index in [-0.39, 0.29) is 36.2 Å². The first kappa shape index (κ1) is 24.7. The van der Waals surface area contributed by atoms with Crippen LogP contribution in [0.3, 0.4) is 0 Å². The van der Waals surface area contributed by atoms with Crippen molar-refractivity contribution in [3.05, 3.63) is 0 Å². The summed E-state index contributed by atoms with van der Waals surface area (Å²) in [6, 6.07) is -0.239. The Balaban J connectivity index is 2.00. The summed E-state index contributed by atoms with van der Waals surface area (Å²) in [5, 5.41) is 0. The van der Waals surface area contributed by atoms with Crippen molar-refractivity contribution in [3.8, 4) is 0 Å². The van der Waals surface area contributed by atoms with E-state index in [2.05, 4.69) is 0 Å². The van der Waals surface area contributed by atoms with Crippen molar-refractivity contribution < 1.29 is 37.5 Å². The zero-order valence-electron chi connectivity index (χ0n) is 18.1. The predicted molar refractivity (Wildman–Crippen MR) is 106 cm³/mol. The molecule has 0 amide bonds. The first-order chi connectivity index (χ1) is 13.4. The summed E-state index contributed by atoms with van der Waals surface area (Å²) in [5.41, 5.74) is 6.22. The summed E-state index contributed by atoms with van der Waals surface area (Å²) >= 11 is 0. The zero-order valence-corrected chi connectivity index (χ0v) is 19.0. The molecule has 0 aromatic carbocycles. The van der Waals surface area contributed by atoms with Gasteiger partial charge in [-0.3, -0.25) is 9.42 Å². The highest BCUT2D eigenvalue weighted by atomic mass is 31.2. The summed E-state index contributed by atoms with van der Waals surface area (Å²) in [7, 11) is -4.66. The number of rotatable bonds is 9. The van der Waals surface area contributed by atoms with Crippen LogP contribution in [-0.2, 0) is 32.6 Å². The summed E-state index contributed by atoms with van der Waals surface area (Å²) < 4.78 is 39.7. The highest BCUT2D eigenvalue weighted by Crippen LogP contribution is 2.50. The summed E-state index contributed by atoms with van der Waals surface area (Å²) in [4.78, 5) is 22.7. The van der Waals surface area contributed by atoms with Gasteiger partial charge in [-0.05, 0) is 47.0 Å². The lowest BCUT2D eigenvalue weighted by Gasteiger charge is -2.26. The Bertz CT molecular complexity index is 601. The standard InChI is InChI=1S/C19H36NO8P/c1-10(2)24-9-14-15(7-12(5)17(14)20)27-29(22,23)28-19(21)18-16(25-11(3)4)8-13(6)26-18/h10-18H,7-9,20H2,1-6H3,(H,22,23)/t12-,13-,14+,15+,16+,17?,18-/m0/s1. The Morgan fingerprint density at radius 2 is 1.83 bits per heavy atom. The minimum Gasteiger partial charge on any atom is -0.378 e. The first-order valence-electron chi connectivity index (χ1n) is 10.3. The van der Waals surface area contributed by atoms with Gasteiger partial charge in [-0.25, -0.2) is 9.36 Å². The minimum absolute atomic E-state index is 0.00286. The maximum atomic E-state index is 12.6. The van der Waals surface area contributed by atoms with E-state index >= 15 is 0 Å². The van der Waals surface area contributed by atoms with Crippen LogP contribution in [0.5, 0.6) is 0 Å². The number of phosphoric ester groups is 1. The van der Waals surface area contributed by atoms with E-state index in [1.165, 1.54) is 0 Å². The average Bonchev–Trinajstić information content (AvgIpc) is 3.04. The highest BCUT2D eigenvalue weighted by molar-refractivity contribution is 7.48. The van der Waals surface area contributed by atoms with Crippen molar-refractivity contribution in [1.82, 2.24) is 0 Å². The van der Waals surface area contributed by atoms with E-state index in [4.69, 9.17) is 29.0 Å². The van der Waals surface area contributed by atoms with Crippen LogP contribution < -0.4 is 5.73 Å². The van der Waals surface area contributed by atoms with Gasteiger partial charge in [0.25, 0.3) is 0 Å². The molecule has 3 N–H and O–H groups in total. The Labute approximate surface area is 173 Å². The van der Waals surface area contributed by atoms with E-state index in [9.17, 15) is 14.3 Å². The third kappa shape index (κ3) is 6.99. The van der Waals surface area contributed by atoms with Crippen LogP contribution in [0.25, 0.3) is 0 Å². The van der Waals surface area contributed by atoms with Gasteiger partial charge >= 0.3 is 13.8 Å². The monoisotopic (exact) mass is 437 g/mol. The molecule has 1 heterocycles. The fraction of sp³-hybridized carbons (Fsp3) is 0.947. The van der Waals surface area contributed by atoms with Crippen LogP contribution in [0.4, 0.5) is 0 Å². The number of nitrogens with two attached hydrogens (primary N) is 1. The van der Waals surface area contributed by atoms with Crippen molar-refractivity contribution in [1.29, 1.82) is 0 Å². The lowest BCUT2D eigenvalue weighted by molar-refractivity contribution is -0.155. The fourth-order valence-corrected chi connectivity index (χ4v) is 4.86. The molecule has 2 aliphatic rings. The molecule has 0 aromatic heterocycles. The summed E-state index contributed by atoms with van der Waals surface area (Å²) in [6.07, 6.45) is -1.62. The fourth-order valence-electron chi connectivity index (χ4n) is 3.90. The van der Waals surface area contributed by atoms with Gasteiger partial charge in [0.2, 0.25) is 0 Å². The molecule has 1 aliphatic heterocycles. The molecule has 1 saturated carbocycles. The lowest BCUT2D eigenvalue weighted by Crippen LogP contribution is -2.38. The van der Waals surface area contributed by atoms with E-state index in [0.29, 0.717) is 19.4 Å². The molecule has 2 fully saturated rings. The normalized spacial score (nSPS) is 37.2. The van der Waals surface area contributed by atoms with Gasteiger partial charge in [0.1, 0.15) is 0 Å². The van der Waals surface area contributed by atoms with E-state index in [1.807, 2.05) is 34.6 Å². The van der Waals surface area contributed by atoms with E-state index in [1.54, 1.807) is 6.92 Å². The van der Waals surface area contributed by atoms with Crippen molar-refractivity contribution in [2.75, 3.05) is 6.61 Å². The number of hydrogen-bond donors (Lipinski definition) is 2. The number of carbonyl (C=O) groups excluding carboxylic acids is 1. The second kappa shape index (κ2) is 10.2. The Morgan fingerprint density at radius 1 is 1.17 bits per heavy atom. The number of carbonyl (C=O) groups is 1. The Hall–Kier alpha value is -0.540. The third-order valence-electron chi connectivity index (χ3n) is 5.29. The molecule has 2 rings (SSSR count). The molecule has 0 aromatic rings. The van der Waals surface area contributed by atoms with Gasteiger partial charge in [-0.2, -0.15) is 0 Å².